The average Bonchev–Trinajstić information content (AvgIpc) is 3.16. The Morgan fingerprint density at radius 3 is 2.73 bits per heavy atom. The summed E-state index contributed by atoms with van der Waals surface area (Å²) < 4.78 is 21.4. The number of nitriles is 1. The average molecular weight is 405 g/mol. The third-order valence-corrected chi connectivity index (χ3v) is 4.84. The SMILES string of the molecule is Cc1cc(C(=O)Nc2ccc(N3CCOCC3)c(F)c2)n(-c2cccc(C#N)c2)n1. The van der Waals surface area contributed by atoms with Crippen LogP contribution >= 0.6 is 0 Å². The number of carbonyl (C=O) groups excluding carboxylic acids is 1. The number of benzene rings is 2. The molecule has 0 saturated carbocycles. The molecular formula is C22H20FN5O2. The van der Waals surface area contributed by atoms with Gasteiger partial charge in [0.05, 0.1) is 41.9 Å². The number of hydrogen-bond donors (Lipinski definition) is 1. The number of anilines is 2. The summed E-state index contributed by atoms with van der Waals surface area (Å²) in [5.41, 5.74) is 2.85. The quantitative estimate of drug-likeness (QED) is 0.720. The normalized spacial score (nSPS) is 13.7. The van der Waals surface area contributed by atoms with E-state index in [9.17, 15) is 9.18 Å². The maximum absolute atomic E-state index is 14.6. The molecule has 3 aromatic rings. The lowest BCUT2D eigenvalue weighted by Gasteiger charge is -2.29. The van der Waals surface area contributed by atoms with Crippen LogP contribution in [0.1, 0.15) is 21.7 Å². The first kappa shape index (κ1) is 19.6. The number of halogens is 1. The second-order valence-corrected chi connectivity index (χ2v) is 6.96. The maximum atomic E-state index is 14.6. The Hall–Kier alpha value is -3.70. The van der Waals surface area contributed by atoms with Crippen LogP contribution in [-0.2, 0) is 4.74 Å². The number of morpholine rings is 1. The molecule has 30 heavy (non-hydrogen) atoms. The van der Waals surface area contributed by atoms with Gasteiger partial charge in [0.2, 0.25) is 0 Å². The molecular weight excluding hydrogens is 385 g/mol. The van der Waals surface area contributed by atoms with Crippen LogP contribution < -0.4 is 10.2 Å². The van der Waals surface area contributed by atoms with E-state index in [0.29, 0.717) is 60.3 Å². The highest BCUT2D eigenvalue weighted by Crippen LogP contribution is 2.24. The molecule has 2 aromatic carbocycles. The van der Waals surface area contributed by atoms with Crippen molar-refractivity contribution >= 4 is 17.3 Å². The summed E-state index contributed by atoms with van der Waals surface area (Å²) >= 11 is 0. The Morgan fingerprint density at radius 2 is 2.00 bits per heavy atom. The highest BCUT2D eigenvalue weighted by Gasteiger charge is 2.18. The second kappa shape index (κ2) is 8.35. The molecule has 7 nitrogen and oxygen atoms in total. The number of hydrogen-bond acceptors (Lipinski definition) is 5. The van der Waals surface area contributed by atoms with Crippen LogP contribution in [0.5, 0.6) is 0 Å². The van der Waals surface area contributed by atoms with Crippen molar-refractivity contribution in [3.05, 3.63) is 71.3 Å². The van der Waals surface area contributed by atoms with Crippen molar-refractivity contribution in [2.45, 2.75) is 6.92 Å². The Bertz CT molecular complexity index is 1130. The molecule has 1 aromatic heterocycles. The van der Waals surface area contributed by atoms with Crippen molar-refractivity contribution in [1.82, 2.24) is 9.78 Å². The van der Waals surface area contributed by atoms with Crippen LogP contribution in [-0.4, -0.2) is 42.0 Å². The van der Waals surface area contributed by atoms with E-state index >= 15 is 0 Å². The summed E-state index contributed by atoms with van der Waals surface area (Å²) in [6, 6.07) is 15.2. The van der Waals surface area contributed by atoms with E-state index in [1.807, 2.05) is 4.90 Å². The summed E-state index contributed by atoms with van der Waals surface area (Å²) in [5, 5.41) is 16.2. The van der Waals surface area contributed by atoms with Crippen LogP contribution in [0, 0.1) is 24.1 Å². The van der Waals surface area contributed by atoms with Gasteiger partial charge in [-0.1, -0.05) is 6.07 Å². The van der Waals surface area contributed by atoms with Gasteiger partial charge in [0.1, 0.15) is 11.5 Å². The van der Waals surface area contributed by atoms with Crippen LogP contribution in [0.15, 0.2) is 48.5 Å². The van der Waals surface area contributed by atoms with E-state index in [4.69, 9.17) is 10.00 Å². The van der Waals surface area contributed by atoms with Crippen molar-refractivity contribution in [3.8, 4) is 11.8 Å². The molecule has 0 unspecified atom stereocenters. The van der Waals surface area contributed by atoms with Crippen LogP contribution in [0.3, 0.4) is 0 Å². The van der Waals surface area contributed by atoms with Gasteiger partial charge < -0.3 is 15.0 Å². The molecule has 0 aliphatic carbocycles. The molecule has 2 heterocycles. The van der Waals surface area contributed by atoms with Crippen molar-refractivity contribution in [1.29, 1.82) is 5.26 Å². The smallest absolute Gasteiger partial charge is 0.274 e. The lowest BCUT2D eigenvalue weighted by atomic mass is 10.2. The summed E-state index contributed by atoms with van der Waals surface area (Å²) in [6.07, 6.45) is 0. The zero-order valence-corrected chi connectivity index (χ0v) is 16.4. The lowest BCUT2D eigenvalue weighted by Crippen LogP contribution is -2.36. The van der Waals surface area contributed by atoms with Crippen molar-refractivity contribution in [2.75, 3.05) is 36.5 Å². The molecule has 1 amide bonds. The minimum Gasteiger partial charge on any atom is -0.378 e. The predicted molar refractivity (Wildman–Crippen MR) is 110 cm³/mol. The first-order chi connectivity index (χ1) is 14.5. The number of aromatic nitrogens is 2. The van der Waals surface area contributed by atoms with E-state index in [-0.39, 0.29) is 0 Å². The van der Waals surface area contributed by atoms with Crippen LogP contribution in [0.25, 0.3) is 5.69 Å². The number of ether oxygens (including phenoxy) is 1. The van der Waals surface area contributed by atoms with Gasteiger partial charge in [-0.2, -0.15) is 10.4 Å². The molecule has 1 aliphatic rings. The number of nitrogens with zero attached hydrogens (tertiary/aromatic N) is 4. The molecule has 8 heteroatoms. The molecule has 0 bridgehead atoms. The fraction of sp³-hybridized carbons (Fsp3) is 0.227. The highest BCUT2D eigenvalue weighted by molar-refractivity contribution is 6.03. The number of nitrogens with one attached hydrogen (secondary N) is 1. The predicted octanol–water partition coefficient (Wildman–Crippen LogP) is 3.28. The van der Waals surface area contributed by atoms with Gasteiger partial charge in [-0.3, -0.25) is 4.79 Å². The van der Waals surface area contributed by atoms with Gasteiger partial charge in [-0.25, -0.2) is 9.07 Å². The largest absolute Gasteiger partial charge is 0.378 e. The third kappa shape index (κ3) is 4.02. The Morgan fingerprint density at radius 1 is 1.20 bits per heavy atom. The van der Waals surface area contributed by atoms with E-state index in [1.54, 1.807) is 49.4 Å². The minimum atomic E-state index is -0.420. The fourth-order valence-electron chi connectivity index (χ4n) is 3.41. The van der Waals surface area contributed by atoms with Crippen molar-refractivity contribution in [2.24, 2.45) is 0 Å². The molecule has 152 valence electrons. The minimum absolute atomic E-state index is 0.292. The Balaban J connectivity index is 1.57. The van der Waals surface area contributed by atoms with Crippen molar-refractivity contribution < 1.29 is 13.9 Å². The fourth-order valence-corrected chi connectivity index (χ4v) is 3.41. The first-order valence-electron chi connectivity index (χ1n) is 9.56. The molecule has 1 aliphatic heterocycles. The van der Waals surface area contributed by atoms with E-state index in [2.05, 4.69) is 16.5 Å². The highest BCUT2D eigenvalue weighted by atomic mass is 19.1. The molecule has 0 radical (unpaired) electrons. The van der Waals surface area contributed by atoms with Crippen molar-refractivity contribution in [3.63, 3.8) is 0 Å². The van der Waals surface area contributed by atoms with E-state index < -0.39 is 11.7 Å². The molecule has 0 atom stereocenters. The number of amides is 1. The number of rotatable bonds is 4. The molecule has 4 rings (SSSR count). The number of carbonyl (C=O) groups is 1. The summed E-state index contributed by atoms with van der Waals surface area (Å²) in [6.45, 7) is 4.16. The third-order valence-electron chi connectivity index (χ3n) is 4.84. The van der Waals surface area contributed by atoms with Gasteiger partial charge >= 0.3 is 0 Å². The molecule has 1 fully saturated rings. The zero-order valence-electron chi connectivity index (χ0n) is 16.4. The summed E-state index contributed by atoms with van der Waals surface area (Å²) in [7, 11) is 0. The van der Waals surface area contributed by atoms with Gasteiger partial charge in [0.15, 0.2) is 0 Å². The van der Waals surface area contributed by atoms with Gasteiger partial charge in [0, 0.05) is 18.8 Å². The van der Waals surface area contributed by atoms with Gasteiger partial charge in [0.25, 0.3) is 5.91 Å². The topological polar surface area (TPSA) is 83.2 Å². The van der Waals surface area contributed by atoms with Gasteiger partial charge in [-0.05, 0) is 49.4 Å². The van der Waals surface area contributed by atoms with Gasteiger partial charge in [-0.15, -0.1) is 0 Å². The van der Waals surface area contributed by atoms with Crippen LogP contribution in [0.2, 0.25) is 0 Å². The summed E-state index contributed by atoms with van der Waals surface area (Å²) in [4.78, 5) is 14.8. The standard InChI is InChI=1S/C22H20FN5O2/c1-15-11-21(28(26-15)18-4-2-3-16(12-18)14-24)22(29)25-17-5-6-20(19(23)13-17)27-7-9-30-10-8-27/h2-6,11-13H,7-10H2,1H3,(H,25,29). The van der Waals surface area contributed by atoms with Crippen LogP contribution in [0.4, 0.5) is 15.8 Å². The molecule has 1 saturated heterocycles. The van der Waals surface area contributed by atoms with E-state index in [1.165, 1.54) is 10.7 Å². The second-order valence-electron chi connectivity index (χ2n) is 6.96. The lowest BCUT2D eigenvalue weighted by molar-refractivity contribution is 0.101. The Labute approximate surface area is 173 Å². The molecule has 1 N–H and O–H groups in total. The Kier molecular flexibility index (Phi) is 5.46. The maximum Gasteiger partial charge on any atom is 0.274 e. The van der Waals surface area contributed by atoms with E-state index in [0.717, 1.165) is 0 Å². The number of aryl methyl sites for hydroxylation is 1. The molecule has 0 spiro atoms. The monoisotopic (exact) mass is 405 g/mol. The zero-order chi connectivity index (χ0) is 21.1. The first-order valence-corrected chi connectivity index (χ1v) is 9.56. The summed E-state index contributed by atoms with van der Waals surface area (Å²) in [5.74, 6) is -0.822.